The summed E-state index contributed by atoms with van der Waals surface area (Å²) in [5.74, 6) is 2.25. The van der Waals surface area contributed by atoms with E-state index < -0.39 is 5.91 Å². The molecule has 174 valence electrons. The van der Waals surface area contributed by atoms with Crippen LogP contribution in [-0.4, -0.2) is 46.1 Å². The van der Waals surface area contributed by atoms with Crippen molar-refractivity contribution < 1.29 is 14.1 Å². The van der Waals surface area contributed by atoms with Crippen LogP contribution >= 0.6 is 0 Å². The molecule has 0 radical (unpaired) electrons. The van der Waals surface area contributed by atoms with Crippen LogP contribution in [0.4, 0.5) is 0 Å². The molecule has 0 aliphatic carbocycles. The Labute approximate surface area is 194 Å². The fourth-order valence-electron chi connectivity index (χ4n) is 4.60. The Morgan fingerprint density at radius 2 is 2.09 bits per heavy atom. The average Bonchev–Trinajstić information content (AvgIpc) is 3.11. The van der Waals surface area contributed by atoms with Crippen LogP contribution in [0.25, 0.3) is 0 Å². The summed E-state index contributed by atoms with van der Waals surface area (Å²) >= 11 is 0. The summed E-state index contributed by atoms with van der Waals surface area (Å²) in [6.45, 7) is 8.47. The largest absolute Gasteiger partial charge is 0.496 e. The molecule has 0 saturated carbocycles. The number of nitrogens with zero attached hydrogens (tertiary/aromatic N) is 4. The van der Waals surface area contributed by atoms with E-state index >= 15 is 0 Å². The predicted molar refractivity (Wildman–Crippen MR) is 124 cm³/mol. The molecule has 2 N–H and O–H groups in total. The fraction of sp³-hybridized carbons (Fsp3) is 0.440. The lowest BCUT2D eigenvalue weighted by atomic mass is 9.95. The molecule has 1 aromatic carbocycles. The van der Waals surface area contributed by atoms with Crippen molar-refractivity contribution in [1.29, 1.82) is 0 Å². The topological polar surface area (TPSA) is 107 Å². The molecule has 3 aromatic rings. The van der Waals surface area contributed by atoms with E-state index in [0.29, 0.717) is 11.3 Å². The van der Waals surface area contributed by atoms with Gasteiger partial charge in [0, 0.05) is 37.2 Å². The molecule has 1 aliphatic heterocycles. The molecular formula is C25H31N5O3. The number of amides is 1. The average molecular weight is 450 g/mol. The number of aryl methyl sites for hydroxylation is 3. The van der Waals surface area contributed by atoms with E-state index in [2.05, 4.69) is 32.2 Å². The summed E-state index contributed by atoms with van der Waals surface area (Å²) in [6, 6.07) is 6.39. The predicted octanol–water partition coefficient (Wildman–Crippen LogP) is 3.47. The summed E-state index contributed by atoms with van der Waals surface area (Å²) in [4.78, 5) is 23.0. The van der Waals surface area contributed by atoms with E-state index in [1.807, 2.05) is 26.8 Å². The molecule has 3 heterocycles. The summed E-state index contributed by atoms with van der Waals surface area (Å²) in [5, 5.41) is 4.08. The van der Waals surface area contributed by atoms with Gasteiger partial charge in [0.25, 0.3) is 5.91 Å². The van der Waals surface area contributed by atoms with Crippen LogP contribution in [0.15, 0.2) is 28.9 Å². The number of piperidine rings is 1. The second-order valence-electron chi connectivity index (χ2n) is 8.79. The molecule has 1 amide bonds. The highest BCUT2D eigenvalue weighted by molar-refractivity contribution is 5.93. The Morgan fingerprint density at radius 3 is 2.76 bits per heavy atom. The smallest absolute Gasteiger partial charge is 0.252 e. The number of likely N-dealkylation sites (tertiary alicyclic amines) is 1. The van der Waals surface area contributed by atoms with Crippen LogP contribution in [0.1, 0.15) is 68.8 Å². The van der Waals surface area contributed by atoms with Crippen molar-refractivity contribution in [3.63, 3.8) is 0 Å². The van der Waals surface area contributed by atoms with Gasteiger partial charge in [0.05, 0.1) is 24.1 Å². The van der Waals surface area contributed by atoms with E-state index in [1.165, 1.54) is 5.56 Å². The van der Waals surface area contributed by atoms with E-state index in [0.717, 1.165) is 73.1 Å². The summed E-state index contributed by atoms with van der Waals surface area (Å²) in [7, 11) is 1.70. The molecule has 0 spiro atoms. The minimum Gasteiger partial charge on any atom is -0.496 e. The highest BCUT2D eigenvalue weighted by atomic mass is 16.5. The van der Waals surface area contributed by atoms with Crippen molar-refractivity contribution in [2.24, 2.45) is 5.73 Å². The number of aromatic nitrogens is 3. The second-order valence-corrected chi connectivity index (χ2v) is 8.79. The lowest BCUT2D eigenvalue weighted by molar-refractivity contribution is 0.0998. The Bertz CT molecular complexity index is 1140. The van der Waals surface area contributed by atoms with Crippen molar-refractivity contribution in [2.45, 2.75) is 52.5 Å². The molecule has 1 aliphatic rings. The van der Waals surface area contributed by atoms with Gasteiger partial charge < -0.3 is 15.0 Å². The number of nitrogens with two attached hydrogens (primary N) is 1. The van der Waals surface area contributed by atoms with Crippen LogP contribution in [-0.2, 0) is 13.0 Å². The number of methoxy groups -OCH3 is 1. The van der Waals surface area contributed by atoms with E-state index in [4.69, 9.17) is 15.0 Å². The number of benzene rings is 1. The zero-order valence-corrected chi connectivity index (χ0v) is 19.7. The fourth-order valence-corrected chi connectivity index (χ4v) is 4.60. The maximum absolute atomic E-state index is 11.5. The minimum absolute atomic E-state index is 0.236. The molecule has 1 atom stereocenters. The third kappa shape index (κ3) is 5.06. The third-order valence-electron chi connectivity index (χ3n) is 6.43. The molecular weight excluding hydrogens is 418 g/mol. The normalized spacial score (nSPS) is 16.7. The highest BCUT2D eigenvalue weighted by Gasteiger charge is 2.25. The zero-order chi connectivity index (χ0) is 23.5. The zero-order valence-electron chi connectivity index (χ0n) is 19.7. The molecule has 8 nitrogen and oxygen atoms in total. The van der Waals surface area contributed by atoms with Gasteiger partial charge >= 0.3 is 0 Å². The van der Waals surface area contributed by atoms with Crippen LogP contribution < -0.4 is 10.5 Å². The third-order valence-corrected chi connectivity index (χ3v) is 6.43. The SMILES string of the molecule is COc1ccc(CN2CCCC(c3ncc(C(N)=O)c(C)n3)C2)cc1Cc1c(C)noc1C. The number of carbonyl (C=O) groups excluding carboxylic acids is 1. The number of primary amides is 1. The van der Waals surface area contributed by atoms with Crippen molar-refractivity contribution >= 4 is 5.91 Å². The van der Waals surface area contributed by atoms with E-state index in [9.17, 15) is 4.79 Å². The molecule has 8 heteroatoms. The van der Waals surface area contributed by atoms with Gasteiger partial charge in [-0.1, -0.05) is 17.3 Å². The Kier molecular flexibility index (Phi) is 6.74. The maximum Gasteiger partial charge on any atom is 0.252 e. The number of ether oxygens (including phenoxy) is 1. The lowest BCUT2D eigenvalue weighted by Crippen LogP contribution is -2.34. The standard InChI is InChI=1S/C25H31N5O3/c1-15-22(24(26)31)12-27-25(28-15)19-6-5-9-30(14-19)13-18-7-8-23(32-4)20(10-18)11-21-16(2)29-33-17(21)3/h7-8,10,12,19H,5-6,9,11,13-14H2,1-4H3,(H2,26,31). The van der Waals surface area contributed by atoms with Gasteiger partial charge in [0.2, 0.25) is 0 Å². The van der Waals surface area contributed by atoms with Crippen LogP contribution in [0.3, 0.4) is 0 Å². The lowest BCUT2D eigenvalue weighted by Gasteiger charge is -2.32. The molecule has 1 fully saturated rings. The summed E-state index contributed by atoms with van der Waals surface area (Å²) in [6.07, 6.45) is 4.39. The minimum atomic E-state index is -0.490. The first kappa shape index (κ1) is 22.9. The van der Waals surface area contributed by atoms with Gasteiger partial charge in [-0.05, 0) is 57.4 Å². The number of hydrogen-bond acceptors (Lipinski definition) is 7. The summed E-state index contributed by atoms with van der Waals surface area (Å²) in [5.41, 5.74) is 10.8. The van der Waals surface area contributed by atoms with Crippen LogP contribution in [0.5, 0.6) is 5.75 Å². The van der Waals surface area contributed by atoms with Crippen molar-refractivity contribution in [3.8, 4) is 5.75 Å². The van der Waals surface area contributed by atoms with Gasteiger partial charge in [-0.15, -0.1) is 0 Å². The van der Waals surface area contributed by atoms with Gasteiger partial charge in [-0.2, -0.15) is 0 Å². The van der Waals surface area contributed by atoms with Crippen LogP contribution in [0, 0.1) is 20.8 Å². The first-order valence-corrected chi connectivity index (χ1v) is 11.3. The Balaban J connectivity index is 1.49. The Hall–Kier alpha value is -3.26. The summed E-state index contributed by atoms with van der Waals surface area (Å²) < 4.78 is 11.0. The molecule has 2 aromatic heterocycles. The highest BCUT2D eigenvalue weighted by Crippen LogP contribution is 2.29. The molecule has 33 heavy (non-hydrogen) atoms. The number of hydrogen-bond donors (Lipinski definition) is 1. The van der Waals surface area contributed by atoms with Crippen molar-refractivity contribution in [3.05, 3.63) is 69.6 Å². The van der Waals surface area contributed by atoms with Gasteiger partial charge in [0.1, 0.15) is 17.3 Å². The number of carbonyl (C=O) groups is 1. The number of rotatable bonds is 7. The van der Waals surface area contributed by atoms with E-state index in [1.54, 1.807) is 13.3 Å². The molecule has 1 saturated heterocycles. The first-order valence-electron chi connectivity index (χ1n) is 11.3. The van der Waals surface area contributed by atoms with E-state index in [-0.39, 0.29) is 5.92 Å². The molecule has 1 unspecified atom stereocenters. The molecule has 0 bridgehead atoms. The van der Waals surface area contributed by atoms with Crippen molar-refractivity contribution in [2.75, 3.05) is 20.2 Å². The first-order chi connectivity index (χ1) is 15.9. The van der Waals surface area contributed by atoms with Gasteiger partial charge in [-0.25, -0.2) is 9.97 Å². The van der Waals surface area contributed by atoms with Gasteiger partial charge in [0.15, 0.2) is 0 Å². The monoisotopic (exact) mass is 449 g/mol. The Morgan fingerprint density at radius 1 is 1.27 bits per heavy atom. The van der Waals surface area contributed by atoms with Crippen molar-refractivity contribution in [1.82, 2.24) is 20.0 Å². The van der Waals surface area contributed by atoms with Gasteiger partial charge in [-0.3, -0.25) is 9.69 Å². The quantitative estimate of drug-likeness (QED) is 0.588. The molecule has 4 rings (SSSR count). The maximum atomic E-state index is 11.5. The second kappa shape index (κ2) is 9.70. The van der Waals surface area contributed by atoms with Crippen LogP contribution in [0.2, 0.25) is 0 Å².